The van der Waals surface area contributed by atoms with E-state index in [1.807, 2.05) is 30.3 Å². The fourth-order valence-electron chi connectivity index (χ4n) is 1.91. The first kappa shape index (κ1) is 14.0. The molecular formula is C14H15N3O3. The van der Waals surface area contributed by atoms with Gasteiger partial charge in [0, 0.05) is 12.3 Å². The van der Waals surface area contributed by atoms with Crippen LogP contribution in [0, 0.1) is 10.1 Å². The molecule has 0 aliphatic heterocycles. The molecule has 0 radical (unpaired) electrons. The number of aliphatic hydroxyl groups excluding tert-OH is 1. The highest BCUT2D eigenvalue weighted by Crippen LogP contribution is 2.21. The largest absolute Gasteiger partial charge is 0.394 e. The number of pyridine rings is 1. The van der Waals surface area contributed by atoms with Crippen LogP contribution in [0.25, 0.3) is 0 Å². The third kappa shape index (κ3) is 3.52. The summed E-state index contributed by atoms with van der Waals surface area (Å²) in [7, 11) is 0. The quantitative estimate of drug-likeness (QED) is 0.621. The molecule has 1 aromatic carbocycles. The normalized spacial score (nSPS) is 11.8. The lowest BCUT2D eigenvalue weighted by Gasteiger charge is -2.16. The Hall–Kier alpha value is -2.47. The molecule has 0 saturated carbocycles. The number of aromatic nitrogens is 1. The van der Waals surface area contributed by atoms with Crippen LogP contribution >= 0.6 is 0 Å². The molecule has 2 aromatic rings. The standard InChI is InChI=1S/C14H15N3O3/c18-10-12(9-11-5-2-1-3-6-11)16-14-13(17(19)20)7-4-8-15-14/h1-8,12,18H,9-10H2,(H,15,16)/t12-/m1/s1. The lowest BCUT2D eigenvalue weighted by Crippen LogP contribution is -2.27. The van der Waals surface area contributed by atoms with Gasteiger partial charge in [-0.3, -0.25) is 10.1 Å². The summed E-state index contributed by atoms with van der Waals surface area (Å²) < 4.78 is 0. The Balaban J connectivity index is 2.13. The predicted octanol–water partition coefficient (Wildman–Crippen LogP) is 2.01. The highest BCUT2D eigenvalue weighted by atomic mass is 16.6. The highest BCUT2D eigenvalue weighted by Gasteiger charge is 2.17. The van der Waals surface area contributed by atoms with Crippen LogP contribution in [0.2, 0.25) is 0 Å². The van der Waals surface area contributed by atoms with Gasteiger partial charge in [-0.25, -0.2) is 4.98 Å². The lowest BCUT2D eigenvalue weighted by molar-refractivity contribution is -0.384. The average Bonchev–Trinajstić information content (AvgIpc) is 2.48. The summed E-state index contributed by atoms with van der Waals surface area (Å²) in [6.07, 6.45) is 2.04. The van der Waals surface area contributed by atoms with Gasteiger partial charge in [0.25, 0.3) is 0 Å². The maximum Gasteiger partial charge on any atom is 0.311 e. The van der Waals surface area contributed by atoms with Gasteiger partial charge in [0.05, 0.1) is 17.6 Å². The number of hydrogen-bond donors (Lipinski definition) is 2. The Morgan fingerprint density at radius 1 is 1.25 bits per heavy atom. The van der Waals surface area contributed by atoms with Gasteiger partial charge < -0.3 is 10.4 Å². The van der Waals surface area contributed by atoms with Gasteiger partial charge in [0.1, 0.15) is 0 Å². The van der Waals surface area contributed by atoms with E-state index in [1.165, 1.54) is 18.3 Å². The number of nitrogens with zero attached hydrogens (tertiary/aromatic N) is 2. The maximum atomic E-state index is 10.9. The zero-order valence-electron chi connectivity index (χ0n) is 10.8. The zero-order chi connectivity index (χ0) is 14.4. The molecule has 0 unspecified atom stereocenters. The van der Waals surface area contributed by atoms with Crippen LogP contribution in [0.4, 0.5) is 11.5 Å². The Morgan fingerprint density at radius 3 is 2.65 bits per heavy atom. The highest BCUT2D eigenvalue weighted by molar-refractivity contribution is 5.55. The van der Waals surface area contributed by atoms with Gasteiger partial charge in [-0.1, -0.05) is 30.3 Å². The van der Waals surface area contributed by atoms with E-state index < -0.39 is 4.92 Å². The average molecular weight is 273 g/mol. The predicted molar refractivity (Wildman–Crippen MR) is 75.5 cm³/mol. The second kappa shape index (κ2) is 6.63. The number of nitrogens with one attached hydrogen (secondary N) is 1. The summed E-state index contributed by atoms with van der Waals surface area (Å²) in [6.45, 7) is -0.136. The first-order valence-electron chi connectivity index (χ1n) is 6.21. The number of rotatable bonds is 6. The maximum absolute atomic E-state index is 10.9. The van der Waals surface area contributed by atoms with Crippen molar-refractivity contribution in [1.29, 1.82) is 0 Å². The van der Waals surface area contributed by atoms with Crippen molar-refractivity contribution in [1.82, 2.24) is 4.98 Å². The van der Waals surface area contributed by atoms with Crippen molar-refractivity contribution in [2.75, 3.05) is 11.9 Å². The van der Waals surface area contributed by atoms with Crippen LogP contribution in [0.5, 0.6) is 0 Å². The van der Waals surface area contributed by atoms with Crippen LogP contribution in [-0.4, -0.2) is 27.7 Å². The van der Waals surface area contributed by atoms with E-state index in [2.05, 4.69) is 10.3 Å². The second-order valence-electron chi connectivity index (χ2n) is 4.34. The molecule has 0 saturated heterocycles. The summed E-state index contributed by atoms with van der Waals surface area (Å²) in [6, 6.07) is 12.2. The fourth-order valence-corrected chi connectivity index (χ4v) is 1.91. The molecule has 0 bridgehead atoms. The van der Waals surface area contributed by atoms with Crippen LogP contribution in [0.1, 0.15) is 5.56 Å². The minimum Gasteiger partial charge on any atom is -0.394 e. The van der Waals surface area contributed by atoms with Gasteiger partial charge in [-0.2, -0.15) is 0 Å². The summed E-state index contributed by atoms with van der Waals surface area (Å²) in [4.78, 5) is 14.4. The number of aliphatic hydroxyl groups is 1. The van der Waals surface area contributed by atoms with Gasteiger partial charge in [0.2, 0.25) is 5.82 Å². The van der Waals surface area contributed by atoms with E-state index in [9.17, 15) is 15.2 Å². The van der Waals surface area contributed by atoms with E-state index >= 15 is 0 Å². The zero-order valence-corrected chi connectivity index (χ0v) is 10.8. The van der Waals surface area contributed by atoms with Crippen molar-refractivity contribution in [3.63, 3.8) is 0 Å². The minimum absolute atomic E-state index is 0.0981. The van der Waals surface area contributed by atoms with Crippen molar-refractivity contribution in [3.05, 3.63) is 64.3 Å². The molecule has 20 heavy (non-hydrogen) atoms. The Kier molecular flexibility index (Phi) is 4.62. The molecule has 0 aliphatic carbocycles. The minimum atomic E-state index is -0.494. The molecule has 6 nitrogen and oxygen atoms in total. The lowest BCUT2D eigenvalue weighted by atomic mass is 10.1. The third-order valence-electron chi connectivity index (χ3n) is 2.87. The molecule has 1 atom stereocenters. The monoisotopic (exact) mass is 273 g/mol. The van der Waals surface area contributed by atoms with Crippen molar-refractivity contribution >= 4 is 11.5 Å². The van der Waals surface area contributed by atoms with Crippen LogP contribution < -0.4 is 5.32 Å². The molecule has 0 aliphatic rings. The van der Waals surface area contributed by atoms with Crippen molar-refractivity contribution in [3.8, 4) is 0 Å². The van der Waals surface area contributed by atoms with Gasteiger partial charge in [0.15, 0.2) is 0 Å². The van der Waals surface area contributed by atoms with Crippen molar-refractivity contribution in [2.24, 2.45) is 0 Å². The van der Waals surface area contributed by atoms with Gasteiger partial charge in [-0.15, -0.1) is 0 Å². The number of hydrogen-bond acceptors (Lipinski definition) is 5. The molecule has 0 fully saturated rings. The Morgan fingerprint density at radius 2 is 2.00 bits per heavy atom. The van der Waals surface area contributed by atoms with Crippen LogP contribution in [0.3, 0.4) is 0 Å². The Labute approximate surface area is 116 Å². The topological polar surface area (TPSA) is 88.3 Å². The van der Waals surface area contributed by atoms with Crippen molar-refractivity contribution < 1.29 is 10.0 Å². The summed E-state index contributed by atoms with van der Waals surface area (Å²) >= 11 is 0. The molecule has 104 valence electrons. The summed E-state index contributed by atoms with van der Waals surface area (Å²) in [5, 5.41) is 23.3. The SMILES string of the molecule is O=[N+]([O-])c1cccnc1N[C@@H](CO)Cc1ccccc1. The molecule has 1 aromatic heterocycles. The van der Waals surface area contributed by atoms with Crippen LogP contribution in [-0.2, 0) is 6.42 Å². The van der Waals surface area contributed by atoms with Gasteiger partial charge >= 0.3 is 5.69 Å². The Bertz CT molecular complexity index is 575. The first-order chi connectivity index (χ1) is 9.70. The molecule has 2 N–H and O–H groups in total. The van der Waals surface area contributed by atoms with E-state index in [-0.39, 0.29) is 24.2 Å². The molecule has 0 spiro atoms. The van der Waals surface area contributed by atoms with Gasteiger partial charge in [-0.05, 0) is 18.1 Å². The summed E-state index contributed by atoms with van der Waals surface area (Å²) in [5.41, 5.74) is 0.941. The fraction of sp³-hybridized carbons (Fsp3) is 0.214. The van der Waals surface area contributed by atoms with Crippen molar-refractivity contribution in [2.45, 2.75) is 12.5 Å². The third-order valence-corrected chi connectivity index (χ3v) is 2.87. The molecular weight excluding hydrogens is 258 g/mol. The molecule has 2 rings (SSSR count). The summed E-state index contributed by atoms with van der Waals surface area (Å²) in [5.74, 6) is 0.174. The first-order valence-corrected chi connectivity index (χ1v) is 6.21. The smallest absolute Gasteiger partial charge is 0.311 e. The van der Waals surface area contributed by atoms with E-state index in [0.29, 0.717) is 6.42 Å². The van der Waals surface area contributed by atoms with E-state index in [0.717, 1.165) is 5.56 Å². The number of benzene rings is 1. The number of nitro groups is 1. The van der Waals surface area contributed by atoms with E-state index in [4.69, 9.17) is 0 Å². The van der Waals surface area contributed by atoms with E-state index in [1.54, 1.807) is 0 Å². The molecule has 0 amide bonds. The van der Waals surface area contributed by atoms with Crippen LogP contribution in [0.15, 0.2) is 48.7 Å². The molecule has 6 heteroatoms. The second-order valence-corrected chi connectivity index (χ2v) is 4.34. The number of anilines is 1. The molecule has 1 heterocycles.